The van der Waals surface area contributed by atoms with Crippen LogP contribution >= 0.6 is 0 Å². The topological polar surface area (TPSA) is 142 Å². The zero-order chi connectivity index (χ0) is 41.2. The first kappa shape index (κ1) is 52.8. The Morgan fingerprint density at radius 2 is 1.02 bits per heavy atom. The van der Waals surface area contributed by atoms with Gasteiger partial charge in [0, 0.05) is 12.8 Å². The van der Waals surface area contributed by atoms with E-state index in [9.17, 15) is 19.2 Å². The first-order valence-electron chi connectivity index (χ1n) is 22.5. The van der Waals surface area contributed by atoms with Gasteiger partial charge in [0.15, 0.2) is 0 Å². The Morgan fingerprint density at radius 1 is 0.554 bits per heavy atom. The zero-order valence-electron chi connectivity index (χ0n) is 35.6. The minimum atomic E-state index is -1.39. The molecule has 0 aliphatic rings. The molecule has 0 radical (unpaired) electrons. The summed E-state index contributed by atoms with van der Waals surface area (Å²) in [7, 11) is 0. The number of aliphatic carboxylic acids is 1. The molecule has 2 atom stereocenters. The molecule has 4 N–H and O–H groups in total. The first-order chi connectivity index (χ1) is 27.3. The van der Waals surface area contributed by atoms with E-state index in [2.05, 4.69) is 67.0 Å². The van der Waals surface area contributed by atoms with Crippen LogP contribution in [0.3, 0.4) is 0 Å². The van der Waals surface area contributed by atoms with Gasteiger partial charge in [0.25, 0.3) is 0 Å². The van der Waals surface area contributed by atoms with Crippen LogP contribution in [0.15, 0.2) is 48.6 Å². The molecule has 0 aliphatic carbocycles. The Labute approximate surface area is 341 Å². The molecule has 0 fully saturated rings. The van der Waals surface area contributed by atoms with Crippen LogP contribution in [0.25, 0.3) is 0 Å². The third-order valence-electron chi connectivity index (χ3n) is 9.78. The molecule has 322 valence electrons. The van der Waals surface area contributed by atoms with Gasteiger partial charge >= 0.3 is 11.9 Å². The van der Waals surface area contributed by atoms with Crippen LogP contribution in [0, 0.1) is 0 Å². The van der Waals surface area contributed by atoms with Crippen molar-refractivity contribution >= 4 is 23.8 Å². The molecule has 0 saturated carbocycles. The number of carboxylic acid groups (broad SMARTS) is 1. The van der Waals surface area contributed by atoms with Crippen LogP contribution in [0.1, 0.15) is 200 Å². The predicted octanol–water partition coefficient (Wildman–Crippen LogP) is 11.2. The molecule has 56 heavy (non-hydrogen) atoms. The lowest BCUT2D eigenvalue weighted by atomic mass is 10.1. The number of aliphatic hydroxyl groups is 1. The highest BCUT2D eigenvalue weighted by Crippen LogP contribution is 2.15. The van der Waals surface area contributed by atoms with Crippen molar-refractivity contribution in [3.63, 3.8) is 0 Å². The largest absolute Gasteiger partial charge is 0.480 e. The molecule has 2 unspecified atom stereocenters. The van der Waals surface area contributed by atoms with Crippen molar-refractivity contribution in [1.29, 1.82) is 0 Å². The minimum absolute atomic E-state index is 0.120. The Morgan fingerprint density at radius 3 is 1.61 bits per heavy atom. The van der Waals surface area contributed by atoms with Crippen LogP contribution in [-0.4, -0.2) is 59.3 Å². The van der Waals surface area contributed by atoms with E-state index in [-0.39, 0.29) is 30.9 Å². The monoisotopic (exact) mass is 787 g/mol. The maximum Gasteiger partial charge on any atom is 0.328 e. The molecule has 0 aromatic rings. The summed E-state index contributed by atoms with van der Waals surface area (Å²) in [5, 5.41) is 22.5. The lowest BCUT2D eigenvalue weighted by molar-refractivity contribution is -0.147. The third-order valence-corrected chi connectivity index (χ3v) is 9.78. The van der Waals surface area contributed by atoms with Crippen molar-refractivity contribution in [1.82, 2.24) is 10.6 Å². The number of amides is 2. The van der Waals surface area contributed by atoms with Gasteiger partial charge in [0.2, 0.25) is 11.8 Å². The minimum Gasteiger partial charge on any atom is -0.480 e. The van der Waals surface area contributed by atoms with Gasteiger partial charge in [0.1, 0.15) is 12.1 Å². The van der Waals surface area contributed by atoms with E-state index in [1.807, 2.05) is 6.08 Å². The van der Waals surface area contributed by atoms with Crippen molar-refractivity contribution in [3.8, 4) is 0 Å². The van der Waals surface area contributed by atoms with E-state index < -0.39 is 24.5 Å². The number of aliphatic hydroxyl groups excluding tert-OH is 1. The summed E-state index contributed by atoms with van der Waals surface area (Å²) >= 11 is 0. The molecule has 0 spiro atoms. The van der Waals surface area contributed by atoms with Gasteiger partial charge in [-0.1, -0.05) is 153 Å². The summed E-state index contributed by atoms with van der Waals surface area (Å²) in [5.74, 6) is -2.40. The molecule has 9 heteroatoms. The zero-order valence-corrected chi connectivity index (χ0v) is 35.6. The van der Waals surface area contributed by atoms with Gasteiger partial charge in [-0.3, -0.25) is 14.4 Å². The summed E-state index contributed by atoms with van der Waals surface area (Å²) in [5.41, 5.74) is 0. The molecule has 2 amide bonds. The van der Waals surface area contributed by atoms with Crippen molar-refractivity contribution in [2.75, 3.05) is 13.2 Å². The van der Waals surface area contributed by atoms with E-state index in [1.165, 1.54) is 103 Å². The second kappa shape index (κ2) is 41.4. The molecule has 0 saturated heterocycles. The molecule has 0 bridgehead atoms. The number of carboxylic acids is 1. The van der Waals surface area contributed by atoms with E-state index in [0.717, 1.165) is 64.2 Å². The van der Waals surface area contributed by atoms with Gasteiger partial charge in [-0.15, -0.1) is 0 Å². The Bertz CT molecular complexity index is 1080. The molecular weight excluding hydrogens is 705 g/mol. The lowest BCUT2D eigenvalue weighted by Gasteiger charge is -2.15. The highest BCUT2D eigenvalue weighted by molar-refractivity contribution is 5.87. The number of esters is 1. The van der Waals surface area contributed by atoms with E-state index in [1.54, 1.807) is 0 Å². The number of hydrogen-bond donors (Lipinski definition) is 4. The number of hydrogen-bond acceptors (Lipinski definition) is 6. The number of carbonyl (C=O) groups is 4. The van der Waals surface area contributed by atoms with E-state index >= 15 is 0 Å². The normalized spacial score (nSPS) is 12.9. The molecule has 0 aromatic carbocycles. The SMILES string of the molecule is CCCCC/C=C\C/C=C\C/C=C\C(CCCCCCCC(=O)NCC(=O)NC(CO)C(=O)O)OC(=O)CCCCCCCCC/C=C\CCCCCCCC. The maximum atomic E-state index is 12.8. The smallest absolute Gasteiger partial charge is 0.328 e. The average Bonchev–Trinajstić information content (AvgIpc) is 3.18. The fourth-order valence-electron chi connectivity index (χ4n) is 6.28. The number of ether oxygens (including phenoxy) is 1. The standard InChI is InChI=1S/C47H82N2O7/c1-3-5-7-9-11-13-15-16-17-18-19-20-22-24-26-31-35-39-46(53)56-42(36-32-28-25-23-21-14-12-10-8-6-4-2)37-33-29-27-30-34-38-44(51)48-40-45(52)49-43(41-50)47(54)55/h12,14,16-17,23,25,32,36,42-43,50H,3-11,13,15,18-22,24,26-31,33-35,37-41H2,1-2H3,(H,48,51)(H,49,52)(H,54,55)/b14-12-,17-16-,25-23-,36-32-. The summed E-state index contributed by atoms with van der Waals surface area (Å²) < 4.78 is 5.92. The average molecular weight is 787 g/mol. The highest BCUT2D eigenvalue weighted by atomic mass is 16.5. The molecule has 0 rings (SSSR count). The number of unbranched alkanes of at least 4 members (excludes halogenated alkanes) is 20. The van der Waals surface area contributed by atoms with Gasteiger partial charge in [-0.25, -0.2) is 4.79 Å². The highest BCUT2D eigenvalue weighted by Gasteiger charge is 2.18. The van der Waals surface area contributed by atoms with Gasteiger partial charge in [0.05, 0.1) is 13.2 Å². The second-order valence-corrected chi connectivity index (χ2v) is 15.1. The summed E-state index contributed by atoms with van der Waals surface area (Å²) in [4.78, 5) is 47.5. The predicted molar refractivity (Wildman–Crippen MR) is 231 cm³/mol. The molecule has 0 aliphatic heterocycles. The van der Waals surface area contributed by atoms with Crippen molar-refractivity contribution < 1.29 is 34.1 Å². The van der Waals surface area contributed by atoms with Crippen LogP contribution in [0.2, 0.25) is 0 Å². The number of carbonyl (C=O) groups excluding carboxylic acids is 3. The van der Waals surface area contributed by atoms with Gasteiger partial charge in [-0.05, 0) is 83.1 Å². The summed E-state index contributed by atoms with van der Waals surface area (Å²) in [6.07, 6.45) is 48.7. The van der Waals surface area contributed by atoms with Crippen LogP contribution in [0.4, 0.5) is 0 Å². The molecule has 0 aromatic heterocycles. The van der Waals surface area contributed by atoms with Crippen molar-refractivity contribution in [2.24, 2.45) is 0 Å². The fraction of sp³-hybridized carbons (Fsp3) is 0.745. The quantitative estimate of drug-likeness (QED) is 0.0275. The van der Waals surface area contributed by atoms with E-state index in [4.69, 9.17) is 14.9 Å². The maximum absolute atomic E-state index is 12.8. The first-order valence-corrected chi connectivity index (χ1v) is 22.5. The Kier molecular flexibility index (Phi) is 39.1. The van der Waals surface area contributed by atoms with E-state index in [0.29, 0.717) is 12.8 Å². The third kappa shape index (κ3) is 37.7. The molecule has 0 heterocycles. The summed E-state index contributed by atoms with van der Waals surface area (Å²) in [6, 6.07) is -1.39. The second-order valence-electron chi connectivity index (χ2n) is 15.1. The number of rotatable bonds is 40. The van der Waals surface area contributed by atoms with Crippen LogP contribution < -0.4 is 10.6 Å². The lowest BCUT2D eigenvalue weighted by Crippen LogP contribution is -2.47. The number of allylic oxidation sites excluding steroid dienone is 7. The Balaban J connectivity index is 4.37. The van der Waals surface area contributed by atoms with Crippen molar-refractivity contribution in [2.45, 2.75) is 212 Å². The van der Waals surface area contributed by atoms with Gasteiger partial charge < -0.3 is 25.6 Å². The van der Waals surface area contributed by atoms with Crippen LogP contribution in [-0.2, 0) is 23.9 Å². The number of nitrogens with one attached hydrogen (secondary N) is 2. The fourth-order valence-corrected chi connectivity index (χ4v) is 6.28. The summed E-state index contributed by atoms with van der Waals surface area (Å²) in [6.45, 7) is 3.43. The van der Waals surface area contributed by atoms with Crippen molar-refractivity contribution in [3.05, 3.63) is 48.6 Å². The van der Waals surface area contributed by atoms with Gasteiger partial charge in [-0.2, -0.15) is 0 Å². The molecule has 9 nitrogen and oxygen atoms in total. The van der Waals surface area contributed by atoms with Crippen LogP contribution in [0.5, 0.6) is 0 Å². The molecular formula is C47H82N2O7. The Hall–Kier alpha value is -3.20.